The van der Waals surface area contributed by atoms with Gasteiger partial charge in [0.15, 0.2) is 0 Å². The van der Waals surface area contributed by atoms with Crippen molar-refractivity contribution in [3.63, 3.8) is 0 Å². The number of benzene rings is 1. The molecule has 198 valence electrons. The lowest BCUT2D eigenvalue weighted by atomic mass is 9.80. The van der Waals surface area contributed by atoms with Crippen molar-refractivity contribution in [2.75, 3.05) is 13.1 Å². The zero-order valence-corrected chi connectivity index (χ0v) is 22.2. The Labute approximate surface area is 216 Å². The third-order valence-corrected chi connectivity index (χ3v) is 7.35. The summed E-state index contributed by atoms with van der Waals surface area (Å²) >= 11 is 6.52. The van der Waals surface area contributed by atoms with E-state index in [4.69, 9.17) is 16.3 Å². The van der Waals surface area contributed by atoms with Crippen LogP contribution >= 0.6 is 11.6 Å². The van der Waals surface area contributed by atoms with Gasteiger partial charge in [0.25, 0.3) is 5.91 Å². The van der Waals surface area contributed by atoms with Gasteiger partial charge in [0.2, 0.25) is 5.92 Å². The molecule has 3 atom stereocenters. The fraction of sp³-hybridized carbons (Fsp3) is 0.630. The van der Waals surface area contributed by atoms with E-state index in [9.17, 15) is 18.4 Å². The zero-order valence-electron chi connectivity index (χ0n) is 21.5. The van der Waals surface area contributed by atoms with Gasteiger partial charge in [-0.2, -0.15) is 0 Å². The summed E-state index contributed by atoms with van der Waals surface area (Å²) in [5.74, 6) is -3.36. The predicted octanol–water partition coefficient (Wildman–Crippen LogP) is 6.50. The normalized spacial score (nSPS) is 24.2. The van der Waals surface area contributed by atoms with E-state index in [1.165, 1.54) is 0 Å². The summed E-state index contributed by atoms with van der Waals surface area (Å²) in [6.45, 7) is 8.68. The van der Waals surface area contributed by atoms with Gasteiger partial charge in [-0.25, -0.2) is 13.6 Å². The van der Waals surface area contributed by atoms with Crippen LogP contribution in [0.2, 0.25) is 5.02 Å². The highest BCUT2D eigenvalue weighted by Crippen LogP contribution is 2.39. The van der Waals surface area contributed by atoms with Gasteiger partial charge >= 0.3 is 6.09 Å². The van der Waals surface area contributed by atoms with E-state index in [1.807, 2.05) is 44.4 Å². The molecule has 3 unspecified atom stereocenters. The minimum atomic E-state index is -2.69. The first-order valence-corrected chi connectivity index (χ1v) is 13.1. The summed E-state index contributed by atoms with van der Waals surface area (Å²) in [7, 11) is 0. The highest BCUT2D eigenvalue weighted by molar-refractivity contribution is 6.36. The van der Waals surface area contributed by atoms with Gasteiger partial charge in [0.05, 0.1) is 22.1 Å². The lowest BCUT2D eigenvalue weighted by molar-refractivity contribution is -0.0685. The number of carbonyl (C=O) groups excluding carboxylic acids is 2. The van der Waals surface area contributed by atoms with Crippen LogP contribution in [0.1, 0.15) is 70.2 Å². The Morgan fingerprint density at radius 2 is 2.00 bits per heavy atom. The first-order chi connectivity index (χ1) is 16.8. The van der Waals surface area contributed by atoms with Gasteiger partial charge < -0.3 is 19.5 Å². The lowest BCUT2D eigenvalue weighted by Gasteiger charge is -2.33. The SMILES string of the molecule is CC1CC(CNC(=O)c2cn(CC3CCCN3C(=O)OC(C)(C)C)c3cccc(Cl)c23)CC(F)(F)C1. The third kappa shape index (κ3) is 6.13. The molecule has 1 aliphatic heterocycles. The van der Waals surface area contributed by atoms with Crippen LogP contribution in [0.15, 0.2) is 24.4 Å². The van der Waals surface area contributed by atoms with Crippen molar-refractivity contribution in [1.82, 2.24) is 14.8 Å². The molecular formula is C27H36ClF2N3O3. The number of aromatic nitrogens is 1. The Kier molecular flexibility index (Phi) is 7.56. The standard InChI is InChI=1S/C27H36ClF2N3O3/c1-17-11-18(13-27(29,30)12-17)14-31-24(34)20-16-32(22-9-5-8-21(28)23(20)22)15-19-7-6-10-33(19)25(35)36-26(2,3)4/h5,8-9,16-19H,6-7,10-15H2,1-4H3,(H,31,34). The number of rotatable bonds is 5. The number of alkyl halides is 2. The van der Waals surface area contributed by atoms with Crippen molar-refractivity contribution < 1.29 is 23.1 Å². The summed E-state index contributed by atoms with van der Waals surface area (Å²) < 4.78 is 35.6. The van der Waals surface area contributed by atoms with Crippen LogP contribution in [-0.2, 0) is 11.3 Å². The van der Waals surface area contributed by atoms with Crippen molar-refractivity contribution in [2.45, 2.75) is 83.9 Å². The van der Waals surface area contributed by atoms with Gasteiger partial charge in [-0.05, 0) is 64.0 Å². The Hall–Kier alpha value is -2.35. The van der Waals surface area contributed by atoms with E-state index in [0.717, 1.165) is 18.4 Å². The fourth-order valence-corrected chi connectivity index (χ4v) is 5.96. The maximum atomic E-state index is 14.0. The topological polar surface area (TPSA) is 63.6 Å². The summed E-state index contributed by atoms with van der Waals surface area (Å²) in [5.41, 5.74) is 0.623. The molecule has 1 N–H and O–H groups in total. The monoisotopic (exact) mass is 523 g/mol. The lowest BCUT2D eigenvalue weighted by Crippen LogP contribution is -2.41. The van der Waals surface area contributed by atoms with Gasteiger partial charge in [-0.1, -0.05) is 24.6 Å². The number of hydrogen-bond donors (Lipinski definition) is 1. The molecule has 6 nitrogen and oxygen atoms in total. The third-order valence-electron chi connectivity index (χ3n) is 7.03. The summed E-state index contributed by atoms with van der Waals surface area (Å²) in [6, 6.07) is 5.39. The Bertz CT molecular complexity index is 1130. The fourth-order valence-electron chi connectivity index (χ4n) is 5.68. The number of amides is 2. The smallest absolute Gasteiger partial charge is 0.410 e. The van der Waals surface area contributed by atoms with Crippen molar-refractivity contribution in [2.24, 2.45) is 11.8 Å². The molecule has 1 saturated carbocycles. The second-order valence-corrected chi connectivity index (χ2v) is 11.9. The highest BCUT2D eigenvalue weighted by Gasteiger charge is 2.39. The first-order valence-electron chi connectivity index (χ1n) is 12.8. The summed E-state index contributed by atoms with van der Waals surface area (Å²) in [4.78, 5) is 27.7. The van der Waals surface area contributed by atoms with Crippen molar-refractivity contribution in [3.8, 4) is 0 Å². The molecule has 1 aromatic carbocycles. The zero-order chi connectivity index (χ0) is 26.3. The number of nitrogens with one attached hydrogen (secondary N) is 1. The molecule has 36 heavy (non-hydrogen) atoms. The molecule has 0 radical (unpaired) electrons. The van der Waals surface area contributed by atoms with Gasteiger partial charge in [0.1, 0.15) is 5.60 Å². The molecule has 2 aromatic rings. The number of carbonyl (C=O) groups is 2. The van der Waals surface area contributed by atoms with Crippen LogP contribution in [0, 0.1) is 11.8 Å². The van der Waals surface area contributed by atoms with E-state index >= 15 is 0 Å². The Morgan fingerprint density at radius 3 is 2.69 bits per heavy atom. The van der Waals surface area contributed by atoms with Crippen molar-refractivity contribution in [3.05, 3.63) is 35.0 Å². The van der Waals surface area contributed by atoms with Crippen LogP contribution in [-0.4, -0.2) is 52.1 Å². The number of fused-ring (bicyclic) bond motifs is 1. The minimum absolute atomic E-state index is 0.0729. The number of ether oxygens (including phenoxy) is 1. The number of likely N-dealkylation sites (tertiary alicyclic amines) is 1. The number of halogens is 3. The molecule has 0 spiro atoms. The molecule has 0 bridgehead atoms. The van der Waals surface area contributed by atoms with E-state index < -0.39 is 11.5 Å². The van der Waals surface area contributed by atoms with Gasteiger partial charge in [0, 0.05) is 44.1 Å². The van der Waals surface area contributed by atoms with E-state index in [0.29, 0.717) is 35.5 Å². The molecule has 1 saturated heterocycles. The minimum Gasteiger partial charge on any atom is -0.444 e. The molecule has 2 aliphatic rings. The molecule has 2 fully saturated rings. The second-order valence-electron chi connectivity index (χ2n) is 11.5. The second kappa shape index (κ2) is 10.2. The average Bonchev–Trinajstić information content (AvgIpc) is 3.35. The number of nitrogens with zero attached hydrogens (tertiary/aromatic N) is 2. The van der Waals surface area contributed by atoms with Crippen LogP contribution in [0.4, 0.5) is 13.6 Å². The number of hydrogen-bond acceptors (Lipinski definition) is 3. The van der Waals surface area contributed by atoms with E-state index in [1.54, 1.807) is 17.2 Å². The quantitative estimate of drug-likeness (QED) is 0.487. The van der Waals surface area contributed by atoms with Gasteiger partial charge in [-0.15, -0.1) is 0 Å². The van der Waals surface area contributed by atoms with Crippen molar-refractivity contribution >= 4 is 34.5 Å². The maximum absolute atomic E-state index is 14.0. The molecule has 1 aliphatic carbocycles. The molecular weight excluding hydrogens is 488 g/mol. The van der Waals surface area contributed by atoms with Crippen LogP contribution in [0.25, 0.3) is 10.9 Å². The largest absolute Gasteiger partial charge is 0.444 e. The molecule has 9 heteroatoms. The molecule has 4 rings (SSSR count). The molecule has 1 aromatic heterocycles. The molecule has 2 amide bonds. The van der Waals surface area contributed by atoms with Crippen LogP contribution in [0.3, 0.4) is 0 Å². The summed E-state index contributed by atoms with van der Waals surface area (Å²) in [5, 5.41) is 3.95. The average molecular weight is 524 g/mol. The van der Waals surface area contributed by atoms with Gasteiger partial charge in [-0.3, -0.25) is 4.79 Å². The first kappa shape index (κ1) is 26.7. The predicted molar refractivity (Wildman–Crippen MR) is 137 cm³/mol. The molecule has 2 heterocycles. The summed E-state index contributed by atoms with van der Waals surface area (Å²) in [6.07, 6.45) is 3.49. The van der Waals surface area contributed by atoms with E-state index in [-0.39, 0.29) is 49.3 Å². The van der Waals surface area contributed by atoms with E-state index in [2.05, 4.69) is 5.32 Å². The Balaban J connectivity index is 1.53. The van der Waals surface area contributed by atoms with Crippen LogP contribution in [0.5, 0.6) is 0 Å². The maximum Gasteiger partial charge on any atom is 0.410 e. The highest BCUT2D eigenvalue weighted by atomic mass is 35.5. The Morgan fingerprint density at radius 1 is 1.25 bits per heavy atom. The van der Waals surface area contributed by atoms with Crippen LogP contribution < -0.4 is 5.32 Å². The van der Waals surface area contributed by atoms with Crippen molar-refractivity contribution in [1.29, 1.82) is 0 Å².